The summed E-state index contributed by atoms with van der Waals surface area (Å²) in [4.78, 5) is 4.87. The minimum Gasteiger partial charge on any atom is -0.497 e. The molecule has 35 heavy (non-hydrogen) atoms. The van der Waals surface area contributed by atoms with Crippen molar-refractivity contribution < 1.29 is 9.47 Å². The van der Waals surface area contributed by atoms with Crippen molar-refractivity contribution >= 4 is 11.0 Å². The Hall–Kier alpha value is -4.32. The molecule has 0 aliphatic heterocycles. The third-order valence-corrected chi connectivity index (χ3v) is 6.35. The van der Waals surface area contributed by atoms with Crippen LogP contribution in [-0.2, 0) is 13.1 Å². The van der Waals surface area contributed by atoms with Crippen LogP contribution in [0.5, 0.6) is 11.5 Å². The summed E-state index contributed by atoms with van der Waals surface area (Å²) in [5.74, 6) is 1.59. The maximum absolute atomic E-state index is 9.09. The van der Waals surface area contributed by atoms with Gasteiger partial charge in [0.1, 0.15) is 22.6 Å². The van der Waals surface area contributed by atoms with Crippen LogP contribution in [0.25, 0.3) is 33.4 Å². The van der Waals surface area contributed by atoms with E-state index in [0.717, 1.165) is 44.9 Å². The molecule has 2 aromatic heterocycles. The van der Waals surface area contributed by atoms with Crippen molar-refractivity contribution in [2.24, 2.45) is 0 Å². The van der Waals surface area contributed by atoms with Crippen LogP contribution in [0.1, 0.15) is 12.5 Å². The first-order valence-corrected chi connectivity index (χ1v) is 11.6. The Bertz CT molecular complexity index is 1520. The maximum Gasteiger partial charge on any atom is 0.146 e. The number of nitrogens with zero attached hydrogens (tertiary/aromatic N) is 3. The molecule has 0 saturated carbocycles. The molecular formula is C29H28N4O2. The smallest absolute Gasteiger partial charge is 0.146 e. The Morgan fingerprint density at radius 2 is 1.40 bits per heavy atom. The number of hydrogen-bond acceptors (Lipinski definition) is 4. The van der Waals surface area contributed by atoms with Crippen LogP contribution < -0.4 is 15.0 Å². The fourth-order valence-corrected chi connectivity index (χ4v) is 4.54. The van der Waals surface area contributed by atoms with Crippen LogP contribution in [0, 0.1) is 5.41 Å². The second kappa shape index (κ2) is 9.50. The molecule has 6 nitrogen and oxygen atoms in total. The van der Waals surface area contributed by atoms with E-state index in [0.29, 0.717) is 18.6 Å². The van der Waals surface area contributed by atoms with Gasteiger partial charge in [0.05, 0.1) is 31.6 Å². The van der Waals surface area contributed by atoms with Crippen molar-refractivity contribution in [3.05, 3.63) is 96.2 Å². The minimum absolute atomic E-state index is 0.449. The molecule has 176 valence electrons. The van der Waals surface area contributed by atoms with Gasteiger partial charge < -0.3 is 18.6 Å². The van der Waals surface area contributed by atoms with Crippen LogP contribution >= 0.6 is 0 Å². The molecule has 5 rings (SSSR count). The molecule has 0 spiro atoms. The van der Waals surface area contributed by atoms with E-state index < -0.39 is 0 Å². The first-order chi connectivity index (χ1) is 17.1. The number of hydrogen-bond donors (Lipinski definition) is 1. The van der Waals surface area contributed by atoms with Crippen molar-refractivity contribution in [2.75, 3.05) is 14.2 Å². The van der Waals surface area contributed by atoms with Gasteiger partial charge in [-0.3, -0.25) is 5.41 Å². The van der Waals surface area contributed by atoms with Crippen molar-refractivity contribution in [1.29, 1.82) is 5.41 Å². The highest BCUT2D eigenvalue weighted by Crippen LogP contribution is 2.40. The number of benzene rings is 3. The highest BCUT2D eigenvalue weighted by molar-refractivity contribution is 6.02. The molecular weight excluding hydrogens is 436 g/mol. The first-order valence-electron chi connectivity index (χ1n) is 11.6. The van der Waals surface area contributed by atoms with Gasteiger partial charge in [-0.1, -0.05) is 42.5 Å². The summed E-state index contributed by atoms with van der Waals surface area (Å²) in [6.45, 7) is 3.34. The van der Waals surface area contributed by atoms with E-state index >= 15 is 0 Å². The normalized spacial score (nSPS) is 11.1. The van der Waals surface area contributed by atoms with Gasteiger partial charge in [0, 0.05) is 18.7 Å². The first kappa shape index (κ1) is 22.5. The number of ether oxygens (including phenoxy) is 2. The van der Waals surface area contributed by atoms with Gasteiger partial charge in [-0.15, -0.1) is 0 Å². The average molecular weight is 465 g/mol. The lowest BCUT2D eigenvalue weighted by molar-refractivity contribution is 0.414. The highest BCUT2D eigenvalue weighted by Gasteiger charge is 2.23. The molecule has 0 aliphatic carbocycles. The van der Waals surface area contributed by atoms with E-state index in [2.05, 4.69) is 41.0 Å². The largest absolute Gasteiger partial charge is 0.497 e. The number of fused-ring (bicyclic) bond motifs is 1. The van der Waals surface area contributed by atoms with Crippen LogP contribution in [0.15, 0.2) is 85.2 Å². The Morgan fingerprint density at radius 3 is 1.97 bits per heavy atom. The van der Waals surface area contributed by atoms with Gasteiger partial charge >= 0.3 is 0 Å². The monoisotopic (exact) mass is 464 g/mol. The third-order valence-electron chi connectivity index (χ3n) is 6.35. The molecule has 6 heteroatoms. The van der Waals surface area contributed by atoms with E-state index in [1.54, 1.807) is 20.5 Å². The topological polar surface area (TPSA) is 65.1 Å². The second-order valence-electron chi connectivity index (χ2n) is 8.33. The lowest BCUT2D eigenvalue weighted by Crippen LogP contribution is -2.20. The van der Waals surface area contributed by atoms with Crippen molar-refractivity contribution in [3.8, 4) is 33.9 Å². The van der Waals surface area contributed by atoms with Crippen LogP contribution in [0.3, 0.4) is 0 Å². The maximum atomic E-state index is 9.09. The molecule has 3 aromatic carbocycles. The highest BCUT2D eigenvalue weighted by atomic mass is 16.5. The van der Waals surface area contributed by atoms with Gasteiger partial charge in [0.15, 0.2) is 0 Å². The Balaban J connectivity index is 1.88. The predicted octanol–water partition coefficient (Wildman–Crippen LogP) is 5.74. The molecule has 0 atom stereocenters. The molecule has 5 aromatic rings. The number of aromatic nitrogens is 3. The standard InChI is InChI=1S/C29H28N4O2/c1-4-32-19-31-29-26(28(32)30)25(21-10-14-23(34-2)15-11-21)27(22-12-16-24(35-3)17-13-22)33(29)18-20-8-6-5-7-9-20/h5-17,19,30H,4,18H2,1-3H3. The lowest BCUT2D eigenvalue weighted by atomic mass is 9.98. The summed E-state index contributed by atoms with van der Waals surface area (Å²) >= 11 is 0. The van der Waals surface area contributed by atoms with E-state index in [1.165, 1.54) is 5.56 Å². The Kier molecular flexibility index (Phi) is 6.10. The molecule has 0 aliphatic rings. The second-order valence-corrected chi connectivity index (χ2v) is 8.33. The zero-order valence-electron chi connectivity index (χ0n) is 20.2. The van der Waals surface area contributed by atoms with E-state index in [4.69, 9.17) is 19.9 Å². The third kappa shape index (κ3) is 4.08. The van der Waals surface area contributed by atoms with E-state index in [9.17, 15) is 0 Å². The summed E-state index contributed by atoms with van der Waals surface area (Å²) in [6.07, 6.45) is 1.77. The van der Waals surface area contributed by atoms with E-state index in [-0.39, 0.29) is 0 Å². The predicted molar refractivity (Wildman–Crippen MR) is 139 cm³/mol. The zero-order chi connectivity index (χ0) is 24.4. The molecule has 0 unspecified atom stereocenters. The van der Waals surface area contributed by atoms with Gasteiger partial charge in [0.25, 0.3) is 0 Å². The molecule has 0 amide bonds. The average Bonchev–Trinajstić information content (AvgIpc) is 3.24. The lowest BCUT2D eigenvalue weighted by Gasteiger charge is -2.13. The molecule has 0 radical (unpaired) electrons. The van der Waals surface area contributed by atoms with Gasteiger partial charge in [0.2, 0.25) is 0 Å². The number of aryl methyl sites for hydroxylation is 1. The van der Waals surface area contributed by atoms with Gasteiger partial charge in [-0.2, -0.15) is 0 Å². The summed E-state index contributed by atoms with van der Waals surface area (Å²) in [5.41, 5.74) is 6.47. The van der Waals surface area contributed by atoms with Crippen LogP contribution in [0.2, 0.25) is 0 Å². The van der Waals surface area contributed by atoms with Crippen LogP contribution in [0.4, 0.5) is 0 Å². The summed E-state index contributed by atoms with van der Waals surface area (Å²) in [7, 11) is 3.34. The zero-order valence-corrected chi connectivity index (χ0v) is 20.2. The van der Waals surface area contributed by atoms with E-state index in [1.807, 2.05) is 54.0 Å². The van der Waals surface area contributed by atoms with Gasteiger partial charge in [-0.05, 0) is 60.0 Å². The fraction of sp³-hybridized carbons (Fsp3) is 0.172. The minimum atomic E-state index is 0.449. The summed E-state index contributed by atoms with van der Waals surface area (Å²) in [5, 5.41) is 9.92. The number of rotatable bonds is 7. The summed E-state index contributed by atoms with van der Waals surface area (Å²) in [6, 6.07) is 26.5. The van der Waals surface area contributed by atoms with Crippen LogP contribution in [-0.4, -0.2) is 28.3 Å². The quantitative estimate of drug-likeness (QED) is 0.334. The summed E-state index contributed by atoms with van der Waals surface area (Å²) < 4.78 is 14.9. The Labute approximate surface area is 204 Å². The molecule has 0 saturated heterocycles. The number of methoxy groups -OCH3 is 2. The Morgan fingerprint density at radius 1 is 0.800 bits per heavy atom. The number of nitrogens with one attached hydrogen (secondary N) is 1. The van der Waals surface area contributed by atoms with Crippen molar-refractivity contribution in [3.63, 3.8) is 0 Å². The SMILES string of the molecule is CCn1cnc2c(c(-c3ccc(OC)cc3)c(-c3ccc(OC)cc3)n2Cc2ccccc2)c1=N. The molecule has 2 heterocycles. The molecule has 0 bridgehead atoms. The fourth-order valence-electron chi connectivity index (χ4n) is 4.54. The van der Waals surface area contributed by atoms with Gasteiger partial charge in [-0.25, -0.2) is 4.98 Å². The van der Waals surface area contributed by atoms with Crippen molar-refractivity contribution in [2.45, 2.75) is 20.0 Å². The molecule has 1 N–H and O–H groups in total. The van der Waals surface area contributed by atoms with Crippen molar-refractivity contribution in [1.82, 2.24) is 14.1 Å². The molecule has 0 fully saturated rings.